The molecule has 0 saturated carbocycles. The number of halogens is 1. The Morgan fingerprint density at radius 2 is 1.94 bits per heavy atom. The van der Waals surface area contributed by atoms with Crippen LogP contribution in [0, 0.1) is 5.82 Å². The lowest BCUT2D eigenvalue weighted by Gasteiger charge is -2.05. The van der Waals surface area contributed by atoms with Crippen molar-refractivity contribution in [1.82, 2.24) is 4.98 Å². The van der Waals surface area contributed by atoms with E-state index in [-0.39, 0.29) is 5.82 Å². The van der Waals surface area contributed by atoms with Crippen molar-refractivity contribution in [2.24, 2.45) is 0 Å². The molecule has 1 unspecified atom stereocenters. The Morgan fingerprint density at radius 3 is 2.83 bits per heavy atom. The van der Waals surface area contributed by atoms with Crippen molar-refractivity contribution < 1.29 is 9.50 Å². The molecule has 2 aromatic carbocycles. The van der Waals surface area contributed by atoms with Gasteiger partial charge in [-0.2, -0.15) is 0 Å². The minimum Gasteiger partial charge on any atom is -0.384 e. The van der Waals surface area contributed by atoms with Gasteiger partial charge in [0.1, 0.15) is 11.9 Å². The van der Waals surface area contributed by atoms with Crippen LogP contribution in [0.4, 0.5) is 4.39 Å². The van der Waals surface area contributed by atoms with E-state index in [0.717, 1.165) is 33.3 Å². The van der Waals surface area contributed by atoms with Gasteiger partial charge in [0.2, 0.25) is 0 Å². The molecular formula is C15H10FNO. The first-order chi connectivity index (χ1) is 8.75. The lowest BCUT2D eigenvalue weighted by molar-refractivity contribution is 0.226. The summed E-state index contributed by atoms with van der Waals surface area (Å²) in [7, 11) is 0. The summed E-state index contributed by atoms with van der Waals surface area (Å²) in [6.07, 6.45) is -0.674. The molecule has 0 fully saturated rings. The SMILES string of the molecule is OC1c2ccc(F)cc2-c2[nH]c3ccccc3c21. The van der Waals surface area contributed by atoms with Crippen LogP contribution in [0.2, 0.25) is 0 Å². The Bertz CT molecular complexity index is 775. The van der Waals surface area contributed by atoms with Gasteiger partial charge in [-0.3, -0.25) is 0 Å². The molecule has 1 atom stereocenters. The second-order valence-corrected chi connectivity index (χ2v) is 4.59. The van der Waals surface area contributed by atoms with Gasteiger partial charge >= 0.3 is 0 Å². The molecule has 18 heavy (non-hydrogen) atoms. The lowest BCUT2D eigenvalue weighted by Crippen LogP contribution is -1.93. The standard InChI is InChI=1S/C15H10FNO/c16-8-5-6-9-11(7-8)14-13(15(9)18)10-3-1-2-4-12(10)17-14/h1-7,15,17-18H. The maximum Gasteiger partial charge on any atom is 0.123 e. The van der Waals surface area contributed by atoms with Gasteiger partial charge in [-0.1, -0.05) is 24.3 Å². The monoisotopic (exact) mass is 239 g/mol. The fourth-order valence-corrected chi connectivity index (χ4v) is 2.80. The summed E-state index contributed by atoms with van der Waals surface area (Å²) in [5, 5.41) is 11.4. The van der Waals surface area contributed by atoms with E-state index in [1.807, 2.05) is 24.3 Å². The third-order valence-corrected chi connectivity index (χ3v) is 3.60. The molecule has 0 saturated heterocycles. The van der Waals surface area contributed by atoms with Crippen molar-refractivity contribution in [2.45, 2.75) is 6.10 Å². The second kappa shape index (κ2) is 3.21. The maximum absolute atomic E-state index is 13.3. The third-order valence-electron chi connectivity index (χ3n) is 3.60. The number of para-hydroxylation sites is 1. The number of aliphatic hydroxyl groups is 1. The Kier molecular flexibility index (Phi) is 1.76. The molecule has 1 aliphatic rings. The molecule has 2 N–H and O–H groups in total. The van der Waals surface area contributed by atoms with Crippen LogP contribution in [0.25, 0.3) is 22.2 Å². The van der Waals surface area contributed by atoms with Crippen molar-refractivity contribution in [1.29, 1.82) is 0 Å². The molecule has 4 rings (SSSR count). The molecule has 0 aliphatic heterocycles. The zero-order valence-electron chi connectivity index (χ0n) is 9.44. The van der Waals surface area contributed by atoms with Crippen LogP contribution in [0.15, 0.2) is 42.5 Å². The van der Waals surface area contributed by atoms with Gasteiger partial charge in [0, 0.05) is 22.0 Å². The summed E-state index contributed by atoms with van der Waals surface area (Å²) in [5.74, 6) is -0.285. The Balaban J connectivity index is 2.13. The van der Waals surface area contributed by atoms with Crippen LogP contribution < -0.4 is 0 Å². The number of H-pyrrole nitrogens is 1. The quantitative estimate of drug-likeness (QED) is 0.620. The topological polar surface area (TPSA) is 36.0 Å². The fraction of sp³-hybridized carbons (Fsp3) is 0.0667. The highest BCUT2D eigenvalue weighted by molar-refractivity contribution is 5.95. The van der Waals surface area contributed by atoms with E-state index >= 15 is 0 Å². The average molecular weight is 239 g/mol. The number of fused-ring (bicyclic) bond motifs is 5. The molecular weight excluding hydrogens is 229 g/mol. The molecule has 88 valence electrons. The number of aromatic amines is 1. The highest BCUT2D eigenvalue weighted by Gasteiger charge is 2.30. The molecule has 1 aliphatic carbocycles. The maximum atomic E-state index is 13.3. The van der Waals surface area contributed by atoms with E-state index in [4.69, 9.17) is 0 Å². The number of aliphatic hydroxyl groups excluding tert-OH is 1. The van der Waals surface area contributed by atoms with Gasteiger partial charge in [0.15, 0.2) is 0 Å². The van der Waals surface area contributed by atoms with Gasteiger partial charge in [-0.15, -0.1) is 0 Å². The third kappa shape index (κ3) is 1.09. The highest BCUT2D eigenvalue weighted by Crippen LogP contribution is 2.46. The largest absolute Gasteiger partial charge is 0.384 e. The summed E-state index contributed by atoms with van der Waals surface area (Å²) in [4.78, 5) is 3.26. The first-order valence-corrected chi connectivity index (χ1v) is 5.84. The fourth-order valence-electron chi connectivity index (χ4n) is 2.80. The van der Waals surface area contributed by atoms with E-state index in [1.165, 1.54) is 12.1 Å². The first kappa shape index (κ1) is 9.85. The number of hydrogen-bond acceptors (Lipinski definition) is 1. The second-order valence-electron chi connectivity index (χ2n) is 4.59. The molecule has 0 spiro atoms. The normalized spacial score (nSPS) is 16.9. The number of rotatable bonds is 0. The van der Waals surface area contributed by atoms with Crippen molar-refractivity contribution in [3.8, 4) is 11.3 Å². The average Bonchev–Trinajstić information content (AvgIpc) is 2.87. The van der Waals surface area contributed by atoms with Crippen LogP contribution in [0.3, 0.4) is 0 Å². The summed E-state index contributed by atoms with van der Waals surface area (Å²) < 4.78 is 13.3. The zero-order chi connectivity index (χ0) is 12.3. The predicted octanol–water partition coefficient (Wildman–Crippen LogP) is 3.37. The van der Waals surface area contributed by atoms with Crippen molar-refractivity contribution in [3.05, 3.63) is 59.4 Å². The summed E-state index contributed by atoms with van der Waals surface area (Å²) in [6, 6.07) is 12.3. The van der Waals surface area contributed by atoms with Gasteiger partial charge in [0.05, 0.1) is 5.69 Å². The van der Waals surface area contributed by atoms with Crippen LogP contribution in [0.5, 0.6) is 0 Å². The molecule has 1 aromatic heterocycles. The highest BCUT2D eigenvalue weighted by atomic mass is 19.1. The molecule has 3 heteroatoms. The Morgan fingerprint density at radius 1 is 1.11 bits per heavy atom. The molecule has 0 radical (unpaired) electrons. The van der Waals surface area contributed by atoms with E-state index < -0.39 is 6.10 Å². The van der Waals surface area contributed by atoms with Crippen LogP contribution in [-0.2, 0) is 0 Å². The molecule has 0 bridgehead atoms. The number of hydrogen-bond donors (Lipinski definition) is 2. The summed E-state index contributed by atoms with van der Waals surface area (Å²) >= 11 is 0. The first-order valence-electron chi connectivity index (χ1n) is 5.84. The molecule has 0 amide bonds. The van der Waals surface area contributed by atoms with Crippen LogP contribution in [-0.4, -0.2) is 10.1 Å². The Hall–Kier alpha value is -2.13. The van der Waals surface area contributed by atoms with Gasteiger partial charge < -0.3 is 10.1 Å². The van der Waals surface area contributed by atoms with Crippen LogP contribution in [0.1, 0.15) is 17.2 Å². The number of aromatic nitrogens is 1. The van der Waals surface area contributed by atoms with Gasteiger partial charge in [-0.25, -0.2) is 4.39 Å². The van der Waals surface area contributed by atoms with E-state index in [1.54, 1.807) is 6.07 Å². The predicted molar refractivity (Wildman–Crippen MR) is 67.8 cm³/mol. The molecule has 2 nitrogen and oxygen atoms in total. The van der Waals surface area contributed by atoms with E-state index in [0.29, 0.717) is 0 Å². The molecule has 3 aromatic rings. The van der Waals surface area contributed by atoms with Crippen molar-refractivity contribution in [3.63, 3.8) is 0 Å². The number of nitrogens with one attached hydrogen (secondary N) is 1. The summed E-state index contributed by atoms with van der Waals surface area (Å²) in [5.41, 5.74) is 4.18. The van der Waals surface area contributed by atoms with Crippen molar-refractivity contribution >= 4 is 10.9 Å². The molecule has 1 heterocycles. The van der Waals surface area contributed by atoms with Gasteiger partial charge in [0.25, 0.3) is 0 Å². The lowest BCUT2D eigenvalue weighted by atomic mass is 10.1. The Labute approximate surface area is 103 Å². The zero-order valence-corrected chi connectivity index (χ0v) is 9.44. The minimum absolute atomic E-state index is 0.285. The number of benzene rings is 2. The minimum atomic E-state index is -0.674. The van der Waals surface area contributed by atoms with Gasteiger partial charge in [-0.05, 0) is 23.8 Å². The van der Waals surface area contributed by atoms with E-state index in [9.17, 15) is 9.50 Å². The summed E-state index contributed by atoms with van der Waals surface area (Å²) in [6.45, 7) is 0. The van der Waals surface area contributed by atoms with E-state index in [2.05, 4.69) is 4.98 Å². The van der Waals surface area contributed by atoms with Crippen molar-refractivity contribution in [2.75, 3.05) is 0 Å². The smallest absolute Gasteiger partial charge is 0.123 e. The van der Waals surface area contributed by atoms with Crippen LogP contribution >= 0.6 is 0 Å².